The number of ether oxygens (including phenoxy) is 1. The van der Waals surface area contributed by atoms with Gasteiger partial charge in [0.15, 0.2) is 0 Å². The average Bonchev–Trinajstić information content (AvgIpc) is 2.26. The predicted octanol–water partition coefficient (Wildman–Crippen LogP) is 3.37. The highest BCUT2D eigenvalue weighted by atomic mass is 19.1. The third kappa shape index (κ3) is 6.55. The van der Waals surface area contributed by atoms with Crippen LogP contribution in [-0.4, -0.2) is 19.7 Å². The third-order valence-corrected chi connectivity index (χ3v) is 2.41. The van der Waals surface area contributed by atoms with E-state index in [-0.39, 0.29) is 5.75 Å². The van der Waals surface area contributed by atoms with Gasteiger partial charge in [0, 0.05) is 18.2 Å². The maximum Gasteiger partial charge on any atom is 0.129 e. The predicted molar refractivity (Wildman–Crippen MR) is 68.8 cm³/mol. The van der Waals surface area contributed by atoms with Gasteiger partial charge in [0.2, 0.25) is 0 Å². The molecule has 0 fully saturated rings. The molecule has 1 N–H and O–H groups in total. The average molecular weight is 257 g/mol. The van der Waals surface area contributed by atoms with Crippen molar-refractivity contribution in [2.75, 3.05) is 19.7 Å². The highest BCUT2D eigenvalue weighted by molar-refractivity contribution is 5.23. The molecule has 4 heteroatoms. The Morgan fingerprint density at radius 1 is 1.11 bits per heavy atom. The molecular formula is C14H21F2NO. The first-order valence-corrected chi connectivity index (χ1v) is 6.37. The monoisotopic (exact) mass is 257 g/mol. The third-order valence-electron chi connectivity index (χ3n) is 2.41. The Bertz CT molecular complexity index is 335. The first kappa shape index (κ1) is 14.9. The first-order chi connectivity index (χ1) is 8.58. The van der Waals surface area contributed by atoms with Crippen LogP contribution in [0.3, 0.4) is 0 Å². The Morgan fingerprint density at radius 2 is 1.78 bits per heavy atom. The Kier molecular flexibility index (Phi) is 6.65. The second-order valence-corrected chi connectivity index (χ2v) is 4.76. The van der Waals surface area contributed by atoms with Gasteiger partial charge in [-0.1, -0.05) is 13.8 Å². The number of benzene rings is 1. The smallest absolute Gasteiger partial charge is 0.129 e. The summed E-state index contributed by atoms with van der Waals surface area (Å²) >= 11 is 0. The summed E-state index contributed by atoms with van der Waals surface area (Å²) in [5.41, 5.74) is 0. The van der Waals surface area contributed by atoms with E-state index in [1.165, 1.54) is 12.1 Å². The molecule has 0 heterocycles. The summed E-state index contributed by atoms with van der Waals surface area (Å²) in [5, 5.41) is 3.33. The molecule has 0 spiro atoms. The van der Waals surface area contributed by atoms with Gasteiger partial charge in [0.25, 0.3) is 0 Å². The molecule has 0 aliphatic rings. The fourth-order valence-corrected chi connectivity index (χ4v) is 1.54. The summed E-state index contributed by atoms with van der Waals surface area (Å²) in [7, 11) is 0. The SMILES string of the molecule is CC(C)CNCCCCOc1cc(F)cc(F)c1. The van der Waals surface area contributed by atoms with Crippen molar-refractivity contribution >= 4 is 0 Å². The van der Waals surface area contributed by atoms with Crippen molar-refractivity contribution in [1.29, 1.82) is 0 Å². The van der Waals surface area contributed by atoms with Gasteiger partial charge in [-0.25, -0.2) is 8.78 Å². The zero-order valence-corrected chi connectivity index (χ0v) is 11.0. The van der Waals surface area contributed by atoms with Crippen molar-refractivity contribution in [3.63, 3.8) is 0 Å². The van der Waals surface area contributed by atoms with Crippen LogP contribution in [0.15, 0.2) is 18.2 Å². The molecule has 0 radical (unpaired) electrons. The molecule has 18 heavy (non-hydrogen) atoms. The van der Waals surface area contributed by atoms with E-state index in [4.69, 9.17) is 4.74 Å². The molecule has 1 aromatic rings. The Balaban J connectivity index is 2.10. The molecule has 102 valence electrons. The lowest BCUT2D eigenvalue weighted by molar-refractivity contribution is 0.302. The molecule has 0 atom stereocenters. The van der Waals surface area contributed by atoms with E-state index in [1.807, 2.05) is 0 Å². The second-order valence-electron chi connectivity index (χ2n) is 4.76. The van der Waals surface area contributed by atoms with E-state index in [1.54, 1.807) is 0 Å². The number of rotatable bonds is 8. The molecule has 0 aliphatic heterocycles. The molecule has 0 aromatic heterocycles. The lowest BCUT2D eigenvalue weighted by Gasteiger charge is -2.08. The molecule has 2 nitrogen and oxygen atoms in total. The van der Waals surface area contributed by atoms with Gasteiger partial charge in [-0.3, -0.25) is 0 Å². The van der Waals surface area contributed by atoms with Crippen LogP contribution in [0.4, 0.5) is 8.78 Å². The van der Waals surface area contributed by atoms with Gasteiger partial charge in [-0.05, 0) is 31.8 Å². The van der Waals surface area contributed by atoms with E-state index in [0.717, 1.165) is 32.0 Å². The summed E-state index contributed by atoms with van der Waals surface area (Å²) in [4.78, 5) is 0. The van der Waals surface area contributed by atoms with E-state index < -0.39 is 11.6 Å². The van der Waals surface area contributed by atoms with Gasteiger partial charge < -0.3 is 10.1 Å². The van der Waals surface area contributed by atoms with Crippen LogP contribution in [0.5, 0.6) is 5.75 Å². The molecule has 0 aliphatic carbocycles. The number of hydrogen-bond donors (Lipinski definition) is 1. The maximum atomic E-state index is 12.8. The Morgan fingerprint density at radius 3 is 2.39 bits per heavy atom. The van der Waals surface area contributed by atoms with Gasteiger partial charge in [0.1, 0.15) is 17.4 Å². The van der Waals surface area contributed by atoms with Crippen molar-refractivity contribution in [2.45, 2.75) is 26.7 Å². The van der Waals surface area contributed by atoms with Gasteiger partial charge >= 0.3 is 0 Å². The molecule has 0 saturated heterocycles. The quantitative estimate of drug-likeness (QED) is 0.721. The minimum absolute atomic E-state index is 0.252. The summed E-state index contributed by atoms with van der Waals surface area (Å²) in [6, 6.07) is 3.23. The van der Waals surface area contributed by atoms with Crippen LogP contribution in [0.1, 0.15) is 26.7 Å². The molecule has 0 saturated carbocycles. The van der Waals surface area contributed by atoms with Crippen molar-refractivity contribution < 1.29 is 13.5 Å². The summed E-state index contributed by atoms with van der Waals surface area (Å²) < 4.78 is 31.0. The van der Waals surface area contributed by atoms with Crippen molar-refractivity contribution in [3.8, 4) is 5.75 Å². The van der Waals surface area contributed by atoms with Crippen LogP contribution in [0, 0.1) is 17.6 Å². The Hall–Kier alpha value is -1.16. The standard InChI is InChI=1S/C14H21F2NO/c1-11(2)10-17-5-3-4-6-18-14-8-12(15)7-13(16)9-14/h7-9,11,17H,3-6,10H2,1-2H3. The molecule has 1 rings (SSSR count). The second kappa shape index (κ2) is 8.03. The van der Waals surface area contributed by atoms with Crippen molar-refractivity contribution in [3.05, 3.63) is 29.8 Å². The lowest BCUT2D eigenvalue weighted by atomic mass is 10.2. The topological polar surface area (TPSA) is 21.3 Å². The van der Waals surface area contributed by atoms with E-state index in [2.05, 4.69) is 19.2 Å². The maximum absolute atomic E-state index is 12.8. The number of unbranched alkanes of at least 4 members (excludes halogenated alkanes) is 1. The minimum atomic E-state index is -0.608. The number of halogens is 2. The van der Waals surface area contributed by atoms with Crippen LogP contribution in [0.2, 0.25) is 0 Å². The van der Waals surface area contributed by atoms with E-state index in [0.29, 0.717) is 12.5 Å². The van der Waals surface area contributed by atoms with Crippen molar-refractivity contribution in [1.82, 2.24) is 5.32 Å². The van der Waals surface area contributed by atoms with Crippen molar-refractivity contribution in [2.24, 2.45) is 5.92 Å². The van der Waals surface area contributed by atoms with E-state index in [9.17, 15) is 8.78 Å². The lowest BCUT2D eigenvalue weighted by Crippen LogP contribution is -2.21. The fraction of sp³-hybridized carbons (Fsp3) is 0.571. The molecule has 0 amide bonds. The largest absolute Gasteiger partial charge is 0.493 e. The number of hydrogen-bond acceptors (Lipinski definition) is 2. The Labute approximate surface area is 107 Å². The summed E-state index contributed by atoms with van der Waals surface area (Å²) in [6.45, 7) is 6.75. The van der Waals surface area contributed by atoms with Crippen LogP contribution < -0.4 is 10.1 Å². The summed E-state index contributed by atoms with van der Waals surface area (Å²) in [6.07, 6.45) is 1.85. The zero-order valence-electron chi connectivity index (χ0n) is 11.0. The molecule has 1 aromatic carbocycles. The number of nitrogens with one attached hydrogen (secondary N) is 1. The van der Waals surface area contributed by atoms with Crippen LogP contribution in [-0.2, 0) is 0 Å². The normalized spacial score (nSPS) is 10.9. The van der Waals surface area contributed by atoms with E-state index >= 15 is 0 Å². The van der Waals surface area contributed by atoms with Gasteiger partial charge in [0.05, 0.1) is 6.61 Å². The molecular weight excluding hydrogens is 236 g/mol. The molecule has 0 unspecified atom stereocenters. The van der Waals surface area contributed by atoms with Crippen LogP contribution >= 0.6 is 0 Å². The highest BCUT2D eigenvalue weighted by Gasteiger charge is 2.01. The zero-order chi connectivity index (χ0) is 13.4. The summed E-state index contributed by atoms with van der Waals surface area (Å²) in [5.74, 6) is -0.314. The molecule has 0 bridgehead atoms. The highest BCUT2D eigenvalue weighted by Crippen LogP contribution is 2.15. The van der Waals surface area contributed by atoms with Gasteiger partial charge in [-0.15, -0.1) is 0 Å². The van der Waals surface area contributed by atoms with Gasteiger partial charge in [-0.2, -0.15) is 0 Å². The van der Waals surface area contributed by atoms with Crippen LogP contribution in [0.25, 0.3) is 0 Å². The first-order valence-electron chi connectivity index (χ1n) is 6.37. The fourth-order valence-electron chi connectivity index (χ4n) is 1.54. The minimum Gasteiger partial charge on any atom is -0.493 e.